The van der Waals surface area contributed by atoms with Crippen molar-refractivity contribution >= 4 is 23.6 Å². The van der Waals surface area contributed by atoms with E-state index in [9.17, 15) is 4.79 Å². The molecule has 0 atom stereocenters. The molecule has 0 saturated carbocycles. The molecule has 0 radical (unpaired) electrons. The monoisotopic (exact) mass is 160 g/mol. The summed E-state index contributed by atoms with van der Waals surface area (Å²) in [4.78, 5) is 12.2. The van der Waals surface area contributed by atoms with Crippen molar-refractivity contribution in [1.82, 2.24) is 4.90 Å². The fourth-order valence-corrected chi connectivity index (χ4v) is 0.822. The number of rotatable bonds is 5. The molecule has 58 valence electrons. The number of thiocarbonyl (C=S) groups is 1. The minimum absolute atomic E-state index is 0.362. The molecule has 0 aliphatic carbocycles. The molecular weight excluding hydrogens is 148 g/mol. The van der Waals surface area contributed by atoms with Crippen molar-refractivity contribution in [3.8, 4) is 0 Å². The Balaban J connectivity index is 3.59. The average molecular weight is 160 g/mol. The topological polar surface area (TPSA) is 46.3 Å². The number of hydrogen-bond donors (Lipinski definition) is 1. The molecule has 0 aromatic rings. The van der Waals surface area contributed by atoms with Gasteiger partial charge < -0.3 is 10.6 Å². The Bertz CT molecular complexity index is 127. The van der Waals surface area contributed by atoms with E-state index in [4.69, 9.17) is 5.73 Å². The zero-order valence-electron chi connectivity index (χ0n) is 6.04. The highest BCUT2D eigenvalue weighted by Gasteiger charge is 1.99. The Morgan fingerprint density at radius 2 is 2.40 bits per heavy atom. The van der Waals surface area contributed by atoms with Crippen molar-refractivity contribution in [2.75, 3.05) is 13.1 Å². The number of hydrogen-bond acceptors (Lipinski definition) is 2. The first-order valence-corrected chi connectivity index (χ1v) is 3.59. The summed E-state index contributed by atoms with van der Waals surface area (Å²) in [7, 11) is 0. The Morgan fingerprint density at radius 1 is 1.80 bits per heavy atom. The maximum absolute atomic E-state index is 10.2. The third-order valence-corrected chi connectivity index (χ3v) is 1.15. The molecule has 0 unspecified atom stereocenters. The molecular formula is C6H12N2OS. The van der Waals surface area contributed by atoms with Crippen molar-refractivity contribution in [3.63, 3.8) is 0 Å². The van der Waals surface area contributed by atoms with Gasteiger partial charge in [-0.25, -0.2) is 0 Å². The normalized spacial score (nSPS) is 8.90. The number of nitrogens with two attached hydrogens (primary N) is 1. The number of carbonyl (C=O) groups is 1. The lowest BCUT2D eigenvalue weighted by molar-refractivity contribution is -0.117. The SMILES string of the molecule is CCCN(C=O)CC(N)=S. The van der Waals surface area contributed by atoms with E-state index in [-0.39, 0.29) is 0 Å². The first-order valence-electron chi connectivity index (χ1n) is 3.18. The van der Waals surface area contributed by atoms with E-state index in [0.717, 1.165) is 19.4 Å². The Kier molecular flexibility index (Phi) is 4.84. The van der Waals surface area contributed by atoms with Crippen molar-refractivity contribution in [2.24, 2.45) is 5.73 Å². The average Bonchev–Trinajstić information content (AvgIpc) is 1.86. The molecule has 0 bridgehead atoms. The predicted molar refractivity (Wildman–Crippen MR) is 44.7 cm³/mol. The van der Waals surface area contributed by atoms with E-state index in [2.05, 4.69) is 12.2 Å². The van der Waals surface area contributed by atoms with Crippen molar-refractivity contribution < 1.29 is 4.79 Å². The van der Waals surface area contributed by atoms with Crippen molar-refractivity contribution in [1.29, 1.82) is 0 Å². The molecule has 0 aliphatic rings. The second kappa shape index (κ2) is 5.17. The molecule has 0 fully saturated rings. The summed E-state index contributed by atoms with van der Waals surface area (Å²) in [5, 5.41) is 0. The minimum Gasteiger partial charge on any atom is -0.392 e. The van der Waals surface area contributed by atoms with Crippen LogP contribution in [0.3, 0.4) is 0 Å². The lowest BCUT2D eigenvalue weighted by Crippen LogP contribution is -2.32. The van der Waals surface area contributed by atoms with E-state index >= 15 is 0 Å². The quantitative estimate of drug-likeness (QED) is 0.459. The summed E-state index contributed by atoms with van der Waals surface area (Å²) in [5.41, 5.74) is 5.23. The van der Waals surface area contributed by atoms with E-state index in [1.54, 1.807) is 4.90 Å². The Labute approximate surface area is 66.2 Å². The second-order valence-corrected chi connectivity index (χ2v) is 2.57. The van der Waals surface area contributed by atoms with Crippen LogP contribution in [0.15, 0.2) is 0 Å². The van der Waals surface area contributed by atoms with E-state index in [1.165, 1.54) is 0 Å². The van der Waals surface area contributed by atoms with E-state index in [0.29, 0.717) is 11.5 Å². The smallest absolute Gasteiger partial charge is 0.210 e. The molecule has 0 aliphatic heterocycles. The van der Waals surface area contributed by atoms with Gasteiger partial charge in [-0.05, 0) is 6.42 Å². The van der Waals surface area contributed by atoms with Gasteiger partial charge in [0.25, 0.3) is 0 Å². The molecule has 0 heterocycles. The number of nitrogens with zero attached hydrogens (tertiary/aromatic N) is 1. The van der Waals surface area contributed by atoms with E-state index < -0.39 is 0 Å². The number of carbonyl (C=O) groups excluding carboxylic acids is 1. The molecule has 4 heteroatoms. The predicted octanol–water partition coefficient (Wildman–Crippen LogP) is 0.141. The first kappa shape index (κ1) is 9.36. The van der Waals surface area contributed by atoms with Crippen LogP contribution in [-0.2, 0) is 4.79 Å². The molecule has 1 amide bonds. The fourth-order valence-electron chi connectivity index (χ4n) is 0.656. The van der Waals surface area contributed by atoms with Crippen LogP contribution >= 0.6 is 12.2 Å². The molecule has 3 nitrogen and oxygen atoms in total. The molecule has 0 spiro atoms. The maximum Gasteiger partial charge on any atom is 0.210 e. The summed E-state index contributed by atoms with van der Waals surface area (Å²) in [6, 6.07) is 0. The highest BCUT2D eigenvalue weighted by Crippen LogP contribution is 1.85. The molecule has 0 saturated heterocycles. The van der Waals surface area contributed by atoms with Crippen LogP contribution in [0, 0.1) is 0 Å². The highest BCUT2D eigenvalue weighted by molar-refractivity contribution is 7.80. The van der Waals surface area contributed by atoms with Crippen molar-refractivity contribution in [2.45, 2.75) is 13.3 Å². The third kappa shape index (κ3) is 4.26. The molecule has 0 aromatic heterocycles. The summed E-state index contributed by atoms with van der Waals surface area (Å²) in [6.45, 7) is 3.11. The lowest BCUT2D eigenvalue weighted by atomic mass is 10.4. The van der Waals surface area contributed by atoms with Crippen LogP contribution in [0.25, 0.3) is 0 Å². The van der Waals surface area contributed by atoms with Crippen LogP contribution in [0.2, 0.25) is 0 Å². The fraction of sp³-hybridized carbons (Fsp3) is 0.667. The largest absolute Gasteiger partial charge is 0.392 e. The summed E-state index contributed by atoms with van der Waals surface area (Å²) >= 11 is 4.63. The van der Waals surface area contributed by atoms with Crippen molar-refractivity contribution in [3.05, 3.63) is 0 Å². The van der Waals surface area contributed by atoms with Crippen LogP contribution in [-0.4, -0.2) is 29.4 Å². The van der Waals surface area contributed by atoms with Gasteiger partial charge in [-0.2, -0.15) is 0 Å². The maximum atomic E-state index is 10.2. The summed E-state index contributed by atoms with van der Waals surface area (Å²) < 4.78 is 0. The van der Waals surface area contributed by atoms with Gasteiger partial charge in [0, 0.05) is 6.54 Å². The van der Waals surface area contributed by atoms with Gasteiger partial charge in [-0.3, -0.25) is 4.79 Å². The zero-order chi connectivity index (χ0) is 7.98. The molecule has 2 N–H and O–H groups in total. The highest BCUT2D eigenvalue weighted by atomic mass is 32.1. The number of amides is 1. The zero-order valence-corrected chi connectivity index (χ0v) is 6.86. The van der Waals surface area contributed by atoms with Crippen LogP contribution < -0.4 is 5.73 Å². The van der Waals surface area contributed by atoms with E-state index in [1.807, 2.05) is 6.92 Å². The molecule has 0 rings (SSSR count). The molecule has 10 heavy (non-hydrogen) atoms. The summed E-state index contributed by atoms with van der Waals surface area (Å²) in [6.07, 6.45) is 1.70. The van der Waals surface area contributed by atoms with Crippen LogP contribution in [0.4, 0.5) is 0 Å². The summed E-state index contributed by atoms with van der Waals surface area (Å²) in [5.74, 6) is 0. The van der Waals surface area contributed by atoms with Gasteiger partial charge in [0.15, 0.2) is 0 Å². The van der Waals surface area contributed by atoms with Gasteiger partial charge in [0.05, 0.1) is 11.5 Å². The molecule has 0 aromatic carbocycles. The Morgan fingerprint density at radius 3 is 2.70 bits per heavy atom. The van der Waals surface area contributed by atoms with Crippen LogP contribution in [0.5, 0.6) is 0 Å². The van der Waals surface area contributed by atoms with Gasteiger partial charge >= 0.3 is 0 Å². The van der Waals surface area contributed by atoms with Gasteiger partial charge in [-0.15, -0.1) is 0 Å². The van der Waals surface area contributed by atoms with Gasteiger partial charge in [0.2, 0.25) is 6.41 Å². The van der Waals surface area contributed by atoms with Gasteiger partial charge in [0.1, 0.15) is 0 Å². The van der Waals surface area contributed by atoms with Crippen LogP contribution in [0.1, 0.15) is 13.3 Å². The standard InChI is InChI=1S/C6H12N2OS/c1-2-3-8(5-9)4-6(7)10/h5H,2-4H2,1H3,(H2,7,10). The van der Waals surface area contributed by atoms with Gasteiger partial charge in [-0.1, -0.05) is 19.1 Å². The third-order valence-electron chi connectivity index (χ3n) is 1.02. The Hall–Kier alpha value is -0.640. The lowest BCUT2D eigenvalue weighted by Gasteiger charge is -2.14. The minimum atomic E-state index is 0.362. The first-order chi connectivity index (χ1) is 4.70. The second-order valence-electron chi connectivity index (χ2n) is 2.04.